The van der Waals surface area contributed by atoms with Crippen LogP contribution in [-0.4, -0.2) is 29.9 Å². The molecular weight excluding hydrogens is 210 g/mol. The maximum absolute atomic E-state index is 10.7. The lowest BCUT2D eigenvalue weighted by Gasteiger charge is -2.00. The first-order valence-electron chi connectivity index (χ1n) is 3.37. The molecule has 0 fully saturated rings. The monoisotopic (exact) mass is 217 g/mol. The summed E-state index contributed by atoms with van der Waals surface area (Å²) in [6, 6.07) is 0. The van der Waals surface area contributed by atoms with Crippen LogP contribution in [0.25, 0.3) is 0 Å². The van der Waals surface area contributed by atoms with Crippen molar-refractivity contribution in [1.29, 1.82) is 0 Å². The number of hydrogen-bond acceptors (Lipinski definition) is 4. The third-order valence-corrected chi connectivity index (χ3v) is 2.56. The second-order valence-electron chi connectivity index (χ2n) is 2.35. The molecule has 1 aliphatic rings. The molecule has 0 aromatic heterocycles. The van der Waals surface area contributed by atoms with E-state index < -0.39 is 15.5 Å². The zero-order valence-electron chi connectivity index (χ0n) is 6.49. The predicted octanol–water partition coefficient (Wildman–Crippen LogP) is 0.767. The van der Waals surface area contributed by atoms with Crippen molar-refractivity contribution in [3.63, 3.8) is 0 Å². The topological polar surface area (TPSA) is 66.7 Å². The van der Waals surface area contributed by atoms with Crippen molar-refractivity contribution in [3.05, 3.63) is 23.8 Å². The number of rotatable bonds is 2. The number of hydrogen-bond donors (Lipinski definition) is 1. The van der Waals surface area contributed by atoms with Crippen molar-refractivity contribution in [2.75, 3.05) is 0 Å². The van der Waals surface area contributed by atoms with Gasteiger partial charge in [0.25, 0.3) is 10.1 Å². The molecule has 1 atom stereocenters. The maximum Gasteiger partial charge on any atom is 0.292 e. The van der Waals surface area contributed by atoms with Gasteiger partial charge in [-0.15, -0.1) is 0 Å². The summed E-state index contributed by atoms with van der Waals surface area (Å²) in [6.45, 7) is 0. The normalized spacial score (nSPS) is 22.2. The second kappa shape index (κ2) is 3.91. The summed E-state index contributed by atoms with van der Waals surface area (Å²) in [6.07, 6.45) is 5.64. The minimum atomic E-state index is -4.15. The molecule has 1 heterocycles. The highest BCUT2D eigenvalue weighted by atomic mass is 32.2. The summed E-state index contributed by atoms with van der Waals surface area (Å²) in [5.74, 6) is 0. The van der Waals surface area contributed by atoms with Gasteiger partial charge in [-0.25, -0.2) is 0 Å². The SMILES string of the molecule is O=S(=O)(O)C1C=CC(C=S)=CC=N1. The zero-order chi connectivity index (χ0) is 9.90. The molecule has 4 nitrogen and oxygen atoms in total. The fraction of sp³-hybridized carbons (Fsp3) is 0.143. The van der Waals surface area contributed by atoms with E-state index in [0.29, 0.717) is 5.57 Å². The van der Waals surface area contributed by atoms with Gasteiger partial charge in [0.2, 0.25) is 0 Å². The van der Waals surface area contributed by atoms with Crippen LogP contribution in [-0.2, 0) is 10.1 Å². The summed E-state index contributed by atoms with van der Waals surface area (Å²) in [5.41, 5.74) is 0.671. The van der Waals surface area contributed by atoms with Gasteiger partial charge in [0.05, 0.1) is 0 Å². The molecule has 1 aliphatic heterocycles. The Morgan fingerprint density at radius 2 is 2.31 bits per heavy atom. The lowest BCUT2D eigenvalue weighted by molar-refractivity contribution is 0.476. The fourth-order valence-corrected chi connectivity index (χ4v) is 1.43. The molecule has 0 amide bonds. The summed E-state index contributed by atoms with van der Waals surface area (Å²) >= 11 is 4.65. The Bertz CT molecular complexity index is 392. The van der Waals surface area contributed by atoms with Crippen LogP contribution >= 0.6 is 12.2 Å². The van der Waals surface area contributed by atoms with Gasteiger partial charge in [-0.2, -0.15) is 8.42 Å². The van der Waals surface area contributed by atoms with E-state index in [9.17, 15) is 8.42 Å². The van der Waals surface area contributed by atoms with E-state index in [1.165, 1.54) is 23.7 Å². The first kappa shape index (κ1) is 10.2. The Morgan fingerprint density at radius 3 is 2.85 bits per heavy atom. The van der Waals surface area contributed by atoms with Gasteiger partial charge in [-0.05, 0) is 17.7 Å². The average molecular weight is 217 g/mol. The molecule has 0 spiro atoms. The molecule has 1 N–H and O–H groups in total. The van der Waals surface area contributed by atoms with Crippen molar-refractivity contribution in [2.24, 2.45) is 4.99 Å². The quantitative estimate of drug-likeness (QED) is 0.548. The van der Waals surface area contributed by atoms with Crippen molar-refractivity contribution in [3.8, 4) is 0 Å². The molecule has 6 heteroatoms. The Hall–Kier alpha value is -0.850. The largest absolute Gasteiger partial charge is 0.292 e. The van der Waals surface area contributed by atoms with Gasteiger partial charge in [0.15, 0.2) is 5.37 Å². The lowest BCUT2D eigenvalue weighted by atomic mass is 10.3. The van der Waals surface area contributed by atoms with Crippen molar-refractivity contribution < 1.29 is 13.0 Å². The third-order valence-electron chi connectivity index (χ3n) is 1.39. The predicted molar refractivity (Wildman–Crippen MR) is 54.7 cm³/mol. The van der Waals surface area contributed by atoms with Crippen LogP contribution < -0.4 is 0 Å². The first-order chi connectivity index (χ1) is 6.04. The smallest absolute Gasteiger partial charge is 0.284 e. The third kappa shape index (κ3) is 2.83. The Balaban J connectivity index is 2.97. The van der Waals surface area contributed by atoms with Crippen LogP contribution in [0.4, 0.5) is 0 Å². The minimum absolute atomic E-state index is 0.671. The molecule has 1 rings (SSSR count). The number of allylic oxidation sites excluding steroid dienone is 3. The van der Waals surface area contributed by atoms with Crippen LogP contribution in [0.1, 0.15) is 0 Å². The van der Waals surface area contributed by atoms with Gasteiger partial charge in [-0.1, -0.05) is 18.3 Å². The van der Waals surface area contributed by atoms with Gasteiger partial charge >= 0.3 is 0 Å². The highest BCUT2D eigenvalue weighted by molar-refractivity contribution is 7.86. The standard InChI is InChI=1S/C7H7NO3S2/c9-13(10,11)7-2-1-6(5-12)3-4-8-7/h1-5,7H,(H,9,10,11). The summed E-state index contributed by atoms with van der Waals surface area (Å²) in [5, 5.41) is 0.172. The van der Waals surface area contributed by atoms with E-state index in [1.54, 1.807) is 6.08 Å². The fourth-order valence-electron chi connectivity index (χ4n) is 0.767. The van der Waals surface area contributed by atoms with Gasteiger partial charge in [-0.3, -0.25) is 9.55 Å². The minimum Gasteiger partial charge on any atom is -0.284 e. The highest BCUT2D eigenvalue weighted by Crippen LogP contribution is 2.07. The summed E-state index contributed by atoms with van der Waals surface area (Å²) in [4.78, 5) is 3.60. The number of nitrogens with zero attached hydrogens (tertiary/aromatic N) is 1. The number of thiocarbonyl (C=S) groups is 1. The van der Waals surface area contributed by atoms with E-state index in [0.717, 1.165) is 0 Å². The van der Waals surface area contributed by atoms with Crippen LogP contribution in [0.3, 0.4) is 0 Å². The zero-order valence-corrected chi connectivity index (χ0v) is 8.12. The van der Waals surface area contributed by atoms with E-state index >= 15 is 0 Å². The molecule has 70 valence electrons. The molecule has 0 saturated heterocycles. The maximum atomic E-state index is 10.7. The van der Waals surface area contributed by atoms with E-state index in [1.807, 2.05) is 0 Å². The number of aliphatic imine (C=N–C) groups is 1. The molecule has 0 aromatic carbocycles. The molecule has 0 saturated carbocycles. The Morgan fingerprint density at radius 1 is 1.62 bits per heavy atom. The van der Waals surface area contributed by atoms with Crippen molar-refractivity contribution in [2.45, 2.75) is 5.37 Å². The molecular formula is C7H7NO3S2. The van der Waals surface area contributed by atoms with Crippen LogP contribution in [0.5, 0.6) is 0 Å². The Kier molecular flexibility index (Phi) is 3.07. The van der Waals surface area contributed by atoms with Crippen LogP contribution in [0.2, 0.25) is 0 Å². The molecule has 0 aliphatic carbocycles. The van der Waals surface area contributed by atoms with E-state index in [-0.39, 0.29) is 0 Å². The van der Waals surface area contributed by atoms with Crippen LogP contribution in [0.15, 0.2) is 28.8 Å². The highest BCUT2D eigenvalue weighted by Gasteiger charge is 2.18. The summed E-state index contributed by atoms with van der Waals surface area (Å²) in [7, 11) is -4.15. The van der Waals surface area contributed by atoms with Gasteiger partial charge in [0, 0.05) is 11.6 Å². The van der Waals surface area contributed by atoms with Gasteiger partial charge < -0.3 is 0 Å². The molecule has 13 heavy (non-hydrogen) atoms. The second-order valence-corrected chi connectivity index (χ2v) is 4.10. The molecule has 0 radical (unpaired) electrons. The van der Waals surface area contributed by atoms with Crippen LogP contribution in [0, 0.1) is 0 Å². The first-order valence-corrected chi connectivity index (χ1v) is 5.34. The molecule has 0 bridgehead atoms. The van der Waals surface area contributed by atoms with E-state index in [4.69, 9.17) is 4.55 Å². The summed E-state index contributed by atoms with van der Waals surface area (Å²) < 4.78 is 30.0. The molecule has 0 aromatic rings. The van der Waals surface area contributed by atoms with Crippen molar-refractivity contribution >= 4 is 33.9 Å². The molecule has 1 unspecified atom stereocenters. The van der Waals surface area contributed by atoms with E-state index in [2.05, 4.69) is 17.2 Å². The average Bonchev–Trinajstić information content (AvgIpc) is 2.26. The Labute approximate surface area is 81.4 Å². The van der Waals surface area contributed by atoms with Crippen molar-refractivity contribution in [1.82, 2.24) is 0 Å². The van der Waals surface area contributed by atoms with Gasteiger partial charge in [0.1, 0.15) is 0 Å². The lowest BCUT2D eigenvalue weighted by Crippen LogP contribution is -2.14.